The summed E-state index contributed by atoms with van der Waals surface area (Å²) in [7, 11) is -7.14. The van der Waals surface area contributed by atoms with Gasteiger partial charge >= 0.3 is 0 Å². The molecule has 0 radical (unpaired) electrons. The molecule has 1 aliphatic heterocycles. The Bertz CT molecular complexity index is 834. The van der Waals surface area contributed by atoms with Crippen molar-refractivity contribution in [3.05, 3.63) is 23.8 Å². The average molecular weight is 375 g/mol. The molecular formula is C14H21N3O5S2. The summed E-state index contributed by atoms with van der Waals surface area (Å²) in [6.45, 7) is 2.23. The first kappa shape index (κ1) is 18.8. The van der Waals surface area contributed by atoms with Gasteiger partial charge in [-0.05, 0) is 30.2 Å². The minimum atomic E-state index is -3.77. The molecule has 2 N–H and O–H groups in total. The first-order valence-electron chi connectivity index (χ1n) is 7.51. The predicted molar refractivity (Wildman–Crippen MR) is 90.7 cm³/mol. The van der Waals surface area contributed by atoms with Gasteiger partial charge in [0.05, 0.1) is 17.6 Å². The van der Waals surface area contributed by atoms with Gasteiger partial charge < -0.3 is 5.32 Å². The van der Waals surface area contributed by atoms with Crippen molar-refractivity contribution in [2.75, 3.05) is 31.2 Å². The zero-order chi connectivity index (χ0) is 18.0. The second-order valence-corrected chi connectivity index (χ2v) is 9.35. The van der Waals surface area contributed by atoms with E-state index >= 15 is 0 Å². The number of nitrogens with zero attached hydrogens (tertiary/aromatic N) is 1. The molecule has 1 aromatic rings. The van der Waals surface area contributed by atoms with Gasteiger partial charge in [-0.25, -0.2) is 25.9 Å². The maximum Gasteiger partial charge on any atom is 0.240 e. The van der Waals surface area contributed by atoms with Crippen molar-refractivity contribution in [1.82, 2.24) is 9.03 Å². The number of carbonyl (C=O) groups is 1. The third kappa shape index (κ3) is 4.53. The summed E-state index contributed by atoms with van der Waals surface area (Å²) in [5, 5.41) is 2.64. The maximum atomic E-state index is 12.3. The van der Waals surface area contributed by atoms with Crippen LogP contribution in [0.1, 0.15) is 18.9 Å². The number of hydrogen-bond acceptors (Lipinski definition) is 5. The van der Waals surface area contributed by atoms with Crippen LogP contribution in [0.2, 0.25) is 0 Å². The van der Waals surface area contributed by atoms with E-state index in [1.54, 1.807) is 6.07 Å². The van der Waals surface area contributed by atoms with Crippen molar-refractivity contribution in [2.24, 2.45) is 0 Å². The monoisotopic (exact) mass is 375 g/mol. The van der Waals surface area contributed by atoms with E-state index in [0.29, 0.717) is 24.2 Å². The van der Waals surface area contributed by atoms with Crippen molar-refractivity contribution in [2.45, 2.75) is 24.7 Å². The van der Waals surface area contributed by atoms with Crippen molar-refractivity contribution in [1.29, 1.82) is 0 Å². The summed E-state index contributed by atoms with van der Waals surface area (Å²) < 4.78 is 51.5. The van der Waals surface area contributed by atoms with Crippen LogP contribution in [0.3, 0.4) is 0 Å². The summed E-state index contributed by atoms with van der Waals surface area (Å²) in [5.74, 6) is -0.170. The zero-order valence-corrected chi connectivity index (χ0v) is 15.2. The molecule has 2 rings (SSSR count). The van der Waals surface area contributed by atoms with Crippen LogP contribution in [-0.2, 0) is 31.3 Å². The van der Waals surface area contributed by atoms with Crippen LogP contribution in [0.15, 0.2) is 23.1 Å². The number of nitrogens with one attached hydrogen (secondary N) is 2. The molecule has 0 spiro atoms. The minimum absolute atomic E-state index is 0.0241. The maximum absolute atomic E-state index is 12.3. The molecule has 24 heavy (non-hydrogen) atoms. The minimum Gasteiger partial charge on any atom is -0.326 e. The number of fused-ring (bicyclic) bond motifs is 1. The highest BCUT2D eigenvalue weighted by Gasteiger charge is 2.22. The number of anilines is 1. The SMILES string of the molecule is CCCN(CCNS(=O)(=O)c1ccc2c(c1)CC(=O)N2)S(C)(=O)=O. The molecule has 10 heteroatoms. The van der Waals surface area contributed by atoms with Crippen LogP contribution in [0.5, 0.6) is 0 Å². The van der Waals surface area contributed by atoms with Crippen LogP contribution in [0.25, 0.3) is 0 Å². The summed E-state index contributed by atoms with van der Waals surface area (Å²) in [6, 6.07) is 4.41. The number of carbonyl (C=O) groups excluding carboxylic acids is 1. The molecule has 0 aromatic heterocycles. The fourth-order valence-corrected chi connectivity index (χ4v) is 4.46. The molecular weight excluding hydrogens is 354 g/mol. The van der Waals surface area contributed by atoms with E-state index in [1.165, 1.54) is 16.4 Å². The zero-order valence-electron chi connectivity index (χ0n) is 13.6. The third-order valence-electron chi connectivity index (χ3n) is 3.61. The van der Waals surface area contributed by atoms with E-state index in [1.807, 2.05) is 6.92 Å². The third-order valence-corrected chi connectivity index (χ3v) is 6.37. The van der Waals surface area contributed by atoms with Gasteiger partial charge in [-0.1, -0.05) is 6.92 Å². The van der Waals surface area contributed by atoms with E-state index in [9.17, 15) is 21.6 Å². The number of rotatable bonds is 8. The van der Waals surface area contributed by atoms with Crippen LogP contribution < -0.4 is 10.0 Å². The average Bonchev–Trinajstić information content (AvgIpc) is 2.84. The predicted octanol–water partition coefficient (Wildman–Crippen LogP) is 0.131. The number of amides is 1. The van der Waals surface area contributed by atoms with Gasteiger partial charge in [0.1, 0.15) is 0 Å². The smallest absolute Gasteiger partial charge is 0.240 e. The molecule has 0 bridgehead atoms. The summed E-state index contributed by atoms with van der Waals surface area (Å²) in [6.07, 6.45) is 1.89. The Labute approximate surface area is 142 Å². The standard InChI is InChI=1S/C14H21N3O5S2/c1-3-7-17(23(2,19)20)8-6-15-24(21,22)12-4-5-13-11(9-12)10-14(18)16-13/h4-5,9,15H,3,6-8,10H2,1-2H3,(H,16,18). The van der Waals surface area contributed by atoms with E-state index in [0.717, 1.165) is 6.26 Å². The van der Waals surface area contributed by atoms with Gasteiger partial charge in [-0.2, -0.15) is 0 Å². The quantitative estimate of drug-likeness (QED) is 0.671. The molecule has 0 unspecified atom stereocenters. The van der Waals surface area contributed by atoms with Crippen molar-refractivity contribution in [3.63, 3.8) is 0 Å². The van der Waals surface area contributed by atoms with Crippen molar-refractivity contribution >= 4 is 31.6 Å². The van der Waals surface area contributed by atoms with Crippen molar-refractivity contribution in [3.8, 4) is 0 Å². The van der Waals surface area contributed by atoms with Gasteiger partial charge in [0.15, 0.2) is 0 Å². The van der Waals surface area contributed by atoms with Gasteiger partial charge in [-0.15, -0.1) is 0 Å². The van der Waals surface area contributed by atoms with E-state index in [4.69, 9.17) is 0 Å². The van der Waals surface area contributed by atoms with Gasteiger partial charge in [0.2, 0.25) is 26.0 Å². The Hall–Kier alpha value is -1.49. The molecule has 0 saturated carbocycles. The van der Waals surface area contributed by atoms with Gasteiger partial charge in [0, 0.05) is 25.3 Å². The van der Waals surface area contributed by atoms with Gasteiger partial charge in [0.25, 0.3) is 0 Å². The largest absolute Gasteiger partial charge is 0.326 e. The Morgan fingerprint density at radius 2 is 1.92 bits per heavy atom. The fraction of sp³-hybridized carbons (Fsp3) is 0.500. The normalized spacial score (nSPS) is 14.7. The summed E-state index contributed by atoms with van der Waals surface area (Å²) >= 11 is 0. The Morgan fingerprint density at radius 3 is 2.54 bits per heavy atom. The highest BCUT2D eigenvalue weighted by molar-refractivity contribution is 7.89. The lowest BCUT2D eigenvalue weighted by atomic mass is 10.2. The molecule has 0 atom stereocenters. The molecule has 1 heterocycles. The Kier molecular flexibility index (Phi) is 5.63. The van der Waals surface area contributed by atoms with Crippen LogP contribution in [0, 0.1) is 0 Å². The van der Waals surface area contributed by atoms with Crippen molar-refractivity contribution < 1.29 is 21.6 Å². The van der Waals surface area contributed by atoms with E-state index in [-0.39, 0.29) is 30.3 Å². The molecule has 1 amide bonds. The molecule has 0 fully saturated rings. The lowest BCUT2D eigenvalue weighted by molar-refractivity contribution is -0.115. The highest BCUT2D eigenvalue weighted by Crippen LogP contribution is 2.25. The van der Waals surface area contributed by atoms with Gasteiger partial charge in [-0.3, -0.25) is 4.79 Å². The molecule has 1 aromatic carbocycles. The van der Waals surface area contributed by atoms with E-state index in [2.05, 4.69) is 10.0 Å². The lowest BCUT2D eigenvalue weighted by Crippen LogP contribution is -2.38. The van der Waals surface area contributed by atoms with Crippen LogP contribution in [-0.4, -0.2) is 52.9 Å². The fourth-order valence-electron chi connectivity index (χ4n) is 2.45. The van der Waals surface area contributed by atoms with Crippen LogP contribution >= 0.6 is 0 Å². The molecule has 134 valence electrons. The topological polar surface area (TPSA) is 113 Å². The second-order valence-electron chi connectivity index (χ2n) is 5.60. The van der Waals surface area contributed by atoms with Crippen LogP contribution in [0.4, 0.5) is 5.69 Å². The molecule has 1 aliphatic rings. The summed E-state index contributed by atoms with van der Waals surface area (Å²) in [4.78, 5) is 11.4. The number of benzene rings is 1. The molecule has 0 aliphatic carbocycles. The number of hydrogen-bond donors (Lipinski definition) is 2. The molecule has 8 nitrogen and oxygen atoms in total. The first-order chi connectivity index (χ1) is 11.1. The Balaban J connectivity index is 2.04. The Morgan fingerprint density at radius 1 is 1.21 bits per heavy atom. The molecule has 0 saturated heterocycles. The number of sulfonamides is 2. The second kappa shape index (κ2) is 7.18. The lowest BCUT2D eigenvalue weighted by Gasteiger charge is -2.19. The van der Waals surface area contributed by atoms with E-state index < -0.39 is 20.0 Å². The highest BCUT2D eigenvalue weighted by atomic mass is 32.2. The first-order valence-corrected chi connectivity index (χ1v) is 10.8. The summed E-state index contributed by atoms with van der Waals surface area (Å²) in [5.41, 5.74) is 1.25.